The molecular formula is C13H16N4O. The third kappa shape index (κ3) is 1.71. The van der Waals surface area contributed by atoms with Crippen molar-refractivity contribution in [1.82, 2.24) is 19.9 Å². The second-order valence-corrected chi connectivity index (χ2v) is 4.56. The minimum absolute atomic E-state index is 0.0132. The van der Waals surface area contributed by atoms with Crippen LogP contribution in [0, 0.1) is 0 Å². The molecule has 3 rings (SSSR count). The first-order chi connectivity index (χ1) is 8.81. The highest BCUT2D eigenvalue weighted by atomic mass is 16.1. The van der Waals surface area contributed by atoms with Crippen LogP contribution in [0.2, 0.25) is 0 Å². The van der Waals surface area contributed by atoms with Gasteiger partial charge in [-0.25, -0.2) is 4.98 Å². The molecule has 1 N–H and O–H groups in total. The van der Waals surface area contributed by atoms with Crippen LogP contribution in [-0.2, 0) is 6.54 Å². The third-order valence-electron chi connectivity index (χ3n) is 3.47. The monoisotopic (exact) mass is 244 g/mol. The number of nitrogens with one attached hydrogen (secondary N) is 1. The van der Waals surface area contributed by atoms with Gasteiger partial charge in [-0.1, -0.05) is 0 Å². The maximum Gasteiger partial charge on any atom is 0.262 e. The SMILES string of the molecule is CCn1c([C@@H]2CCCN2)nc2ccncc2c1=O. The van der Waals surface area contributed by atoms with E-state index in [0.29, 0.717) is 11.9 Å². The van der Waals surface area contributed by atoms with Gasteiger partial charge >= 0.3 is 0 Å². The Morgan fingerprint density at radius 1 is 1.56 bits per heavy atom. The molecule has 2 aromatic rings. The molecule has 0 radical (unpaired) electrons. The van der Waals surface area contributed by atoms with Gasteiger partial charge in [-0.15, -0.1) is 0 Å². The van der Waals surface area contributed by atoms with Crippen LogP contribution in [0.4, 0.5) is 0 Å². The summed E-state index contributed by atoms with van der Waals surface area (Å²) in [5.41, 5.74) is 0.753. The van der Waals surface area contributed by atoms with Crippen LogP contribution >= 0.6 is 0 Å². The van der Waals surface area contributed by atoms with Crippen LogP contribution in [0.15, 0.2) is 23.3 Å². The molecule has 2 aromatic heterocycles. The molecule has 1 aliphatic rings. The van der Waals surface area contributed by atoms with Gasteiger partial charge < -0.3 is 5.32 Å². The van der Waals surface area contributed by atoms with Crippen molar-refractivity contribution in [2.45, 2.75) is 32.4 Å². The summed E-state index contributed by atoms with van der Waals surface area (Å²) in [7, 11) is 0. The molecule has 0 unspecified atom stereocenters. The van der Waals surface area contributed by atoms with Gasteiger partial charge in [0.15, 0.2) is 0 Å². The fourth-order valence-electron chi connectivity index (χ4n) is 2.56. The van der Waals surface area contributed by atoms with E-state index in [1.165, 1.54) is 0 Å². The largest absolute Gasteiger partial charge is 0.307 e. The molecule has 18 heavy (non-hydrogen) atoms. The molecule has 1 saturated heterocycles. The lowest BCUT2D eigenvalue weighted by Crippen LogP contribution is -2.29. The summed E-state index contributed by atoms with van der Waals surface area (Å²) in [6, 6.07) is 2.00. The van der Waals surface area contributed by atoms with E-state index >= 15 is 0 Å². The van der Waals surface area contributed by atoms with Crippen molar-refractivity contribution in [2.75, 3.05) is 6.54 Å². The van der Waals surface area contributed by atoms with Gasteiger partial charge in [-0.2, -0.15) is 0 Å². The number of nitrogens with zero attached hydrogens (tertiary/aromatic N) is 3. The lowest BCUT2D eigenvalue weighted by Gasteiger charge is -2.16. The van der Waals surface area contributed by atoms with Crippen LogP contribution in [0.25, 0.3) is 10.9 Å². The predicted octanol–water partition coefficient (Wildman–Crippen LogP) is 1.24. The van der Waals surface area contributed by atoms with Gasteiger partial charge in [-0.3, -0.25) is 14.3 Å². The van der Waals surface area contributed by atoms with E-state index in [1.807, 2.05) is 6.92 Å². The molecule has 0 amide bonds. The van der Waals surface area contributed by atoms with Crippen molar-refractivity contribution in [3.8, 4) is 0 Å². The Balaban J connectivity index is 2.26. The average Bonchev–Trinajstić information content (AvgIpc) is 2.92. The molecule has 0 aromatic carbocycles. The Hall–Kier alpha value is -1.75. The number of hydrogen-bond donors (Lipinski definition) is 1. The summed E-state index contributed by atoms with van der Waals surface area (Å²) in [5.74, 6) is 0.860. The lowest BCUT2D eigenvalue weighted by molar-refractivity contribution is 0.539. The van der Waals surface area contributed by atoms with Gasteiger partial charge in [0.05, 0.1) is 16.9 Å². The maximum atomic E-state index is 12.4. The third-order valence-corrected chi connectivity index (χ3v) is 3.47. The molecule has 1 fully saturated rings. The van der Waals surface area contributed by atoms with Gasteiger partial charge in [0, 0.05) is 18.9 Å². The Kier molecular flexibility index (Phi) is 2.83. The zero-order chi connectivity index (χ0) is 12.5. The number of fused-ring (bicyclic) bond motifs is 1. The van der Waals surface area contributed by atoms with E-state index in [9.17, 15) is 4.79 Å². The van der Waals surface area contributed by atoms with E-state index in [2.05, 4.69) is 15.3 Å². The molecule has 1 aliphatic heterocycles. The lowest BCUT2D eigenvalue weighted by atomic mass is 10.2. The van der Waals surface area contributed by atoms with Crippen LogP contribution < -0.4 is 10.9 Å². The quantitative estimate of drug-likeness (QED) is 0.863. The van der Waals surface area contributed by atoms with Gasteiger partial charge in [0.25, 0.3) is 5.56 Å². The smallest absolute Gasteiger partial charge is 0.262 e. The van der Waals surface area contributed by atoms with Crippen LogP contribution in [-0.4, -0.2) is 21.1 Å². The Morgan fingerprint density at radius 3 is 3.17 bits per heavy atom. The molecule has 1 atom stereocenters. The minimum atomic E-state index is 0.0132. The van der Waals surface area contributed by atoms with Crippen molar-refractivity contribution in [2.24, 2.45) is 0 Å². The fourth-order valence-corrected chi connectivity index (χ4v) is 2.56. The predicted molar refractivity (Wildman–Crippen MR) is 69.4 cm³/mol. The van der Waals surface area contributed by atoms with Gasteiger partial charge in [0.2, 0.25) is 0 Å². The molecule has 0 bridgehead atoms. The fraction of sp³-hybridized carbons (Fsp3) is 0.462. The molecule has 94 valence electrons. The minimum Gasteiger partial charge on any atom is -0.307 e. The zero-order valence-electron chi connectivity index (χ0n) is 10.4. The Bertz CT molecular complexity index is 628. The Morgan fingerprint density at radius 2 is 2.44 bits per heavy atom. The topological polar surface area (TPSA) is 59.8 Å². The number of rotatable bonds is 2. The van der Waals surface area contributed by atoms with E-state index < -0.39 is 0 Å². The first-order valence-corrected chi connectivity index (χ1v) is 6.39. The number of hydrogen-bond acceptors (Lipinski definition) is 4. The number of pyridine rings is 1. The maximum absolute atomic E-state index is 12.4. The van der Waals surface area contributed by atoms with E-state index in [-0.39, 0.29) is 11.6 Å². The highest BCUT2D eigenvalue weighted by Crippen LogP contribution is 2.21. The van der Waals surface area contributed by atoms with Gasteiger partial charge in [-0.05, 0) is 32.4 Å². The molecule has 0 aliphatic carbocycles. The second-order valence-electron chi connectivity index (χ2n) is 4.56. The van der Waals surface area contributed by atoms with Crippen molar-refractivity contribution in [3.63, 3.8) is 0 Å². The average molecular weight is 244 g/mol. The van der Waals surface area contributed by atoms with Crippen LogP contribution in [0.5, 0.6) is 0 Å². The molecule has 0 spiro atoms. The highest BCUT2D eigenvalue weighted by Gasteiger charge is 2.22. The van der Waals surface area contributed by atoms with E-state index in [1.54, 1.807) is 23.0 Å². The first-order valence-electron chi connectivity index (χ1n) is 6.39. The van der Waals surface area contributed by atoms with E-state index in [0.717, 1.165) is 30.7 Å². The molecular weight excluding hydrogens is 228 g/mol. The molecule has 0 saturated carbocycles. The normalized spacial score (nSPS) is 19.5. The summed E-state index contributed by atoms with van der Waals surface area (Å²) in [5, 5.41) is 4.00. The summed E-state index contributed by atoms with van der Waals surface area (Å²) < 4.78 is 1.76. The second kappa shape index (κ2) is 4.49. The van der Waals surface area contributed by atoms with Gasteiger partial charge in [0.1, 0.15) is 5.82 Å². The van der Waals surface area contributed by atoms with Crippen molar-refractivity contribution >= 4 is 10.9 Å². The summed E-state index contributed by atoms with van der Waals surface area (Å²) in [6.45, 7) is 3.62. The number of aromatic nitrogens is 3. The Labute approximate surface area is 105 Å². The standard InChI is InChI=1S/C13H16N4O/c1-2-17-12(11-4-3-6-15-11)16-10-5-7-14-8-9(10)13(17)18/h5,7-8,11,15H,2-4,6H2,1H3/t11-/m0/s1. The van der Waals surface area contributed by atoms with Crippen LogP contribution in [0.3, 0.4) is 0 Å². The summed E-state index contributed by atoms with van der Waals surface area (Å²) >= 11 is 0. The van der Waals surface area contributed by atoms with Crippen molar-refractivity contribution < 1.29 is 0 Å². The summed E-state index contributed by atoms with van der Waals surface area (Å²) in [6.07, 6.45) is 5.46. The van der Waals surface area contributed by atoms with Crippen molar-refractivity contribution in [3.05, 3.63) is 34.6 Å². The zero-order valence-corrected chi connectivity index (χ0v) is 10.4. The highest BCUT2D eigenvalue weighted by molar-refractivity contribution is 5.76. The van der Waals surface area contributed by atoms with E-state index in [4.69, 9.17) is 0 Å². The summed E-state index contributed by atoms with van der Waals surface area (Å²) in [4.78, 5) is 21.0. The molecule has 5 heteroatoms. The van der Waals surface area contributed by atoms with Crippen molar-refractivity contribution in [1.29, 1.82) is 0 Å². The molecule has 5 nitrogen and oxygen atoms in total. The molecule has 3 heterocycles. The van der Waals surface area contributed by atoms with Crippen LogP contribution in [0.1, 0.15) is 31.6 Å². The first kappa shape index (κ1) is 11.3.